The van der Waals surface area contributed by atoms with Gasteiger partial charge in [0.05, 0.1) is 4.90 Å². The highest BCUT2D eigenvalue weighted by atomic mass is 32.2. The molecule has 1 aromatic rings. The standard InChI is InChI=1S/C10H12FNO5S/c1-6-2-3-7(4-8(6)11)18(16,17)12-5-9(13)10(14)15/h2-4,9,12-13H,5H2,1H3,(H,14,15). The molecule has 100 valence electrons. The van der Waals surface area contributed by atoms with Gasteiger partial charge >= 0.3 is 5.97 Å². The van der Waals surface area contributed by atoms with Crippen LogP contribution in [0.25, 0.3) is 0 Å². The lowest BCUT2D eigenvalue weighted by molar-refractivity contribution is -0.146. The normalized spacial score (nSPS) is 13.3. The molecular formula is C10H12FNO5S. The number of hydrogen-bond acceptors (Lipinski definition) is 4. The van der Waals surface area contributed by atoms with Crippen LogP contribution in [0.15, 0.2) is 23.1 Å². The predicted molar refractivity (Wildman–Crippen MR) is 60.0 cm³/mol. The second-order valence-electron chi connectivity index (χ2n) is 3.62. The second-order valence-corrected chi connectivity index (χ2v) is 5.38. The van der Waals surface area contributed by atoms with E-state index in [9.17, 15) is 17.6 Å². The summed E-state index contributed by atoms with van der Waals surface area (Å²) in [5, 5.41) is 17.3. The number of aliphatic hydroxyl groups excluding tert-OH is 1. The van der Waals surface area contributed by atoms with Crippen LogP contribution in [-0.4, -0.2) is 37.2 Å². The number of halogens is 1. The molecule has 1 atom stereocenters. The summed E-state index contributed by atoms with van der Waals surface area (Å²) in [6, 6.07) is 3.30. The summed E-state index contributed by atoms with van der Waals surface area (Å²) in [7, 11) is -4.04. The topological polar surface area (TPSA) is 104 Å². The first-order valence-corrected chi connectivity index (χ1v) is 6.39. The molecule has 0 aromatic heterocycles. The highest BCUT2D eigenvalue weighted by Gasteiger charge is 2.20. The molecule has 18 heavy (non-hydrogen) atoms. The van der Waals surface area contributed by atoms with Gasteiger partial charge in [0.1, 0.15) is 5.82 Å². The zero-order chi connectivity index (χ0) is 13.9. The van der Waals surface area contributed by atoms with E-state index in [2.05, 4.69) is 0 Å². The number of aliphatic carboxylic acids is 1. The molecule has 0 radical (unpaired) electrons. The van der Waals surface area contributed by atoms with Gasteiger partial charge in [0, 0.05) is 6.54 Å². The molecule has 3 N–H and O–H groups in total. The zero-order valence-corrected chi connectivity index (χ0v) is 10.2. The van der Waals surface area contributed by atoms with Crippen molar-refractivity contribution in [2.45, 2.75) is 17.9 Å². The van der Waals surface area contributed by atoms with Crippen molar-refractivity contribution in [2.24, 2.45) is 0 Å². The molecule has 1 aromatic carbocycles. The van der Waals surface area contributed by atoms with Crippen LogP contribution in [0.3, 0.4) is 0 Å². The fraction of sp³-hybridized carbons (Fsp3) is 0.300. The van der Waals surface area contributed by atoms with Crippen LogP contribution in [0.1, 0.15) is 5.56 Å². The van der Waals surface area contributed by atoms with Gasteiger partial charge in [-0.1, -0.05) is 6.07 Å². The minimum absolute atomic E-state index is 0.291. The van der Waals surface area contributed by atoms with Crippen molar-refractivity contribution >= 4 is 16.0 Å². The number of nitrogens with one attached hydrogen (secondary N) is 1. The number of aliphatic hydroxyl groups is 1. The number of sulfonamides is 1. The minimum atomic E-state index is -4.04. The summed E-state index contributed by atoms with van der Waals surface area (Å²) < 4.78 is 38.4. The number of hydrogen-bond donors (Lipinski definition) is 3. The maximum absolute atomic E-state index is 13.2. The maximum atomic E-state index is 13.2. The van der Waals surface area contributed by atoms with E-state index in [0.717, 1.165) is 6.07 Å². The average molecular weight is 277 g/mol. The van der Waals surface area contributed by atoms with Crippen molar-refractivity contribution in [3.05, 3.63) is 29.6 Å². The van der Waals surface area contributed by atoms with Gasteiger partial charge in [0.15, 0.2) is 6.10 Å². The third-order valence-electron chi connectivity index (χ3n) is 2.21. The maximum Gasteiger partial charge on any atom is 0.333 e. The lowest BCUT2D eigenvalue weighted by Gasteiger charge is -2.09. The summed E-state index contributed by atoms with van der Waals surface area (Å²) in [6.07, 6.45) is -1.85. The number of carbonyl (C=O) groups is 1. The van der Waals surface area contributed by atoms with E-state index in [4.69, 9.17) is 10.2 Å². The quantitative estimate of drug-likeness (QED) is 0.695. The van der Waals surface area contributed by atoms with E-state index < -0.39 is 34.5 Å². The molecule has 0 aliphatic rings. The highest BCUT2D eigenvalue weighted by molar-refractivity contribution is 7.89. The molecular weight excluding hydrogens is 265 g/mol. The Bertz CT molecular complexity index is 557. The molecule has 0 fully saturated rings. The molecule has 0 spiro atoms. The third kappa shape index (κ3) is 3.49. The summed E-state index contributed by atoms with van der Waals surface area (Å²) in [4.78, 5) is 9.98. The van der Waals surface area contributed by atoms with Crippen molar-refractivity contribution in [1.82, 2.24) is 4.72 Å². The monoisotopic (exact) mass is 277 g/mol. The van der Waals surface area contributed by atoms with Gasteiger partial charge in [-0.3, -0.25) is 0 Å². The van der Waals surface area contributed by atoms with E-state index in [0.29, 0.717) is 5.56 Å². The molecule has 0 heterocycles. The molecule has 0 saturated carbocycles. The largest absolute Gasteiger partial charge is 0.479 e. The van der Waals surface area contributed by atoms with Gasteiger partial charge in [-0.05, 0) is 24.6 Å². The summed E-state index contributed by atoms with van der Waals surface area (Å²) in [6.45, 7) is 0.792. The highest BCUT2D eigenvalue weighted by Crippen LogP contribution is 2.13. The van der Waals surface area contributed by atoms with E-state index in [1.807, 2.05) is 4.72 Å². The average Bonchev–Trinajstić information content (AvgIpc) is 2.29. The van der Waals surface area contributed by atoms with Crippen LogP contribution in [0, 0.1) is 12.7 Å². The fourth-order valence-electron chi connectivity index (χ4n) is 1.10. The molecule has 0 bridgehead atoms. The molecule has 8 heteroatoms. The van der Waals surface area contributed by atoms with Crippen molar-refractivity contribution in [3.8, 4) is 0 Å². The van der Waals surface area contributed by atoms with Crippen LogP contribution in [0.4, 0.5) is 4.39 Å². The van der Waals surface area contributed by atoms with Gasteiger partial charge in [0.2, 0.25) is 10.0 Å². The van der Waals surface area contributed by atoms with E-state index in [-0.39, 0.29) is 4.90 Å². The molecule has 1 rings (SSSR count). The van der Waals surface area contributed by atoms with E-state index >= 15 is 0 Å². The smallest absolute Gasteiger partial charge is 0.333 e. The minimum Gasteiger partial charge on any atom is -0.479 e. The van der Waals surface area contributed by atoms with Crippen molar-refractivity contribution in [1.29, 1.82) is 0 Å². The Kier molecular flexibility index (Phi) is 4.38. The molecule has 6 nitrogen and oxygen atoms in total. The first kappa shape index (κ1) is 14.6. The summed E-state index contributed by atoms with van der Waals surface area (Å²) in [5.41, 5.74) is 0.291. The molecule has 0 aliphatic heterocycles. The Hall–Kier alpha value is -1.51. The van der Waals surface area contributed by atoms with Crippen LogP contribution in [0.5, 0.6) is 0 Å². The number of carboxylic acid groups (broad SMARTS) is 1. The Morgan fingerprint density at radius 1 is 1.50 bits per heavy atom. The van der Waals surface area contributed by atoms with Gasteiger partial charge in [-0.15, -0.1) is 0 Å². The van der Waals surface area contributed by atoms with Crippen molar-refractivity contribution < 1.29 is 27.8 Å². The first-order chi connectivity index (χ1) is 8.24. The third-order valence-corrected chi connectivity index (χ3v) is 3.63. The fourth-order valence-corrected chi connectivity index (χ4v) is 2.15. The predicted octanol–water partition coefficient (Wildman–Crippen LogP) is -0.142. The Labute approximate surface area is 103 Å². The lowest BCUT2D eigenvalue weighted by atomic mass is 10.2. The Balaban J connectivity index is 2.87. The van der Waals surface area contributed by atoms with Crippen LogP contribution >= 0.6 is 0 Å². The molecule has 1 unspecified atom stereocenters. The number of carboxylic acids is 1. The first-order valence-electron chi connectivity index (χ1n) is 4.91. The van der Waals surface area contributed by atoms with Gasteiger partial charge < -0.3 is 10.2 Å². The van der Waals surface area contributed by atoms with Crippen LogP contribution in [0.2, 0.25) is 0 Å². The van der Waals surface area contributed by atoms with E-state index in [1.165, 1.54) is 19.1 Å². The van der Waals surface area contributed by atoms with Crippen LogP contribution in [-0.2, 0) is 14.8 Å². The van der Waals surface area contributed by atoms with Crippen LogP contribution < -0.4 is 4.72 Å². The molecule has 0 aliphatic carbocycles. The van der Waals surface area contributed by atoms with Crippen molar-refractivity contribution in [2.75, 3.05) is 6.54 Å². The SMILES string of the molecule is Cc1ccc(S(=O)(=O)NCC(O)C(=O)O)cc1F. The molecule has 0 saturated heterocycles. The Morgan fingerprint density at radius 2 is 2.11 bits per heavy atom. The van der Waals surface area contributed by atoms with E-state index in [1.54, 1.807) is 0 Å². The summed E-state index contributed by atoms with van der Waals surface area (Å²) in [5.74, 6) is -2.23. The number of benzene rings is 1. The lowest BCUT2D eigenvalue weighted by Crippen LogP contribution is -2.36. The summed E-state index contributed by atoms with van der Waals surface area (Å²) >= 11 is 0. The number of aryl methyl sites for hydroxylation is 1. The Morgan fingerprint density at radius 3 is 2.61 bits per heavy atom. The molecule has 0 amide bonds. The van der Waals surface area contributed by atoms with Crippen molar-refractivity contribution in [3.63, 3.8) is 0 Å². The second kappa shape index (κ2) is 5.42. The number of rotatable bonds is 5. The zero-order valence-electron chi connectivity index (χ0n) is 9.42. The van der Waals surface area contributed by atoms with Gasteiger partial charge in [-0.2, -0.15) is 0 Å². The van der Waals surface area contributed by atoms with Gasteiger partial charge in [0.25, 0.3) is 0 Å². The van der Waals surface area contributed by atoms with Gasteiger partial charge in [-0.25, -0.2) is 22.3 Å².